The molecule has 0 fully saturated rings. The van der Waals surface area contributed by atoms with E-state index < -0.39 is 18.4 Å². The van der Waals surface area contributed by atoms with Crippen LogP contribution in [-0.2, 0) is 9.47 Å². The Balaban J connectivity index is 1.94. The Morgan fingerprint density at radius 3 is 1.75 bits per heavy atom. The molecule has 2 N–H and O–H groups in total. The lowest BCUT2D eigenvalue weighted by Gasteiger charge is -2.17. The minimum atomic E-state index is -0.912. The maximum atomic E-state index is 11.7. The van der Waals surface area contributed by atoms with Crippen LogP contribution in [0, 0.1) is 0 Å². The van der Waals surface area contributed by atoms with E-state index in [9.17, 15) is 15.0 Å². The molecule has 0 radical (unpaired) electrons. The van der Waals surface area contributed by atoms with Gasteiger partial charge >= 0.3 is 6.16 Å². The topological polar surface area (TPSA) is 76.0 Å². The lowest BCUT2D eigenvalue weighted by molar-refractivity contribution is -0.0289. The molecule has 2 rings (SSSR count). The Morgan fingerprint density at radius 1 is 1.00 bits per heavy atom. The van der Waals surface area contributed by atoms with Crippen LogP contribution in [0.4, 0.5) is 4.79 Å². The quantitative estimate of drug-likeness (QED) is 0.802. The number of aliphatic hydroxyl groups excluding tert-OH is 2. The molecule has 0 aromatic carbocycles. The van der Waals surface area contributed by atoms with E-state index in [1.54, 1.807) is 24.3 Å². The molecule has 0 aliphatic carbocycles. The maximum Gasteiger partial charge on any atom is 0.509 e. The Kier molecular flexibility index (Phi) is 5.54. The molecule has 0 bridgehead atoms. The van der Waals surface area contributed by atoms with Crippen molar-refractivity contribution in [1.29, 1.82) is 0 Å². The third-order valence-corrected chi connectivity index (χ3v) is 4.46. The van der Waals surface area contributed by atoms with Gasteiger partial charge in [-0.15, -0.1) is 22.7 Å². The summed E-state index contributed by atoms with van der Waals surface area (Å²) in [4.78, 5) is 13.2. The number of thiophene rings is 2. The Morgan fingerprint density at radius 2 is 1.45 bits per heavy atom. The second-order valence-electron chi connectivity index (χ2n) is 3.86. The lowest BCUT2D eigenvalue weighted by Crippen LogP contribution is -2.18. The van der Waals surface area contributed by atoms with Gasteiger partial charge in [-0.1, -0.05) is 12.1 Å². The van der Waals surface area contributed by atoms with Crippen LogP contribution in [0.25, 0.3) is 0 Å². The number of ether oxygens (including phenoxy) is 2. The molecule has 2 atom stereocenters. The molecule has 0 saturated carbocycles. The smallest absolute Gasteiger partial charge is 0.423 e. The minimum Gasteiger partial charge on any atom is -0.423 e. The third-order valence-electron chi connectivity index (χ3n) is 2.53. The second-order valence-corrected chi connectivity index (χ2v) is 5.82. The van der Waals surface area contributed by atoms with Crippen LogP contribution in [0.3, 0.4) is 0 Å². The van der Waals surface area contributed by atoms with Crippen molar-refractivity contribution >= 4 is 28.8 Å². The lowest BCUT2D eigenvalue weighted by atomic mass is 10.3. The van der Waals surface area contributed by atoms with Crippen LogP contribution in [-0.4, -0.2) is 29.6 Å². The molecule has 108 valence electrons. The average Bonchev–Trinajstić information content (AvgIpc) is 3.14. The molecule has 20 heavy (non-hydrogen) atoms. The zero-order valence-corrected chi connectivity index (χ0v) is 12.1. The molecule has 0 saturated heterocycles. The number of rotatable bonds is 6. The number of hydrogen-bond acceptors (Lipinski definition) is 7. The van der Waals surface area contributed by atoms with Crippen LogP contribution in [0.15, 0.2) is 35.0 Å². The first kappa shape index (κ1) is 15.0. The molecule has 7 heteroatoms. The SMILES string of the molecule is O=C(OC(CO)c1cccs1)OC(CO)c1cccs1. The van der Waals surface area contributed by atoms with Gasteiger partial charge in [0.25, 0.3) is 0 Å². The van der Waals surface area contributed by atoms with Crippen molar-refractivity contribution in [2.75, 3.05) is 13.2 Å². The average molecular weight is 314 g/mol. The van der Waals surface area contributed by atoms with E-state index in [-0.39, 0.29) is 13.2 Å². The molecule has 2 aromatic heterocycles. The Bertz CT molecular complexity index is 463. The summed E-state index contributed by atoms with van der Waals surface area (Å²) in [6.07, 6.45) is -2.40. The molecule has 0 aliphatic rings. The zero-order valence-electron chi connectivity index (χ0n) is 10.5. The van der Waals surface area contributed by atoms with Gasteiger partial charge in [0.1, 0.15) is 0 Å². The van der Waals surface area contributed by atoms with Crippen molar-refractivity contribution in [3.8, 4) is 0 Å². The van der Waals surface area contributed by atoms with Gasteiger partial charge in [-0.25, -0.2) is 4.79 Å². The van der Waals surface area contributed by atoms with Crippen molar-refractivity contribution in [1.82, 2.24) is 0 Å². The van der Waals surface area contributed by atoms with Gasteiger partial charge in [-0.05, 0) is 22.9 Å². The van der Waals surface area contributed by atoms with Crippen LogP contribution in [0.2, 0.25) is 0 Å². The summed E-state index contributed by atoms with van der Waals surface area (Å²) in [5.41, 5.74) is 0. The van der Waals surface area contributed by atoms with E-state index in [0.717, 1.165) is 9.75 Å². The van der Waals surface area contributed by atoms with E-state index in [1.807, 2.05) is 10.8 Å². The molecule has 0 amide bonds. The van der Waals surface area contributed by atoms with Crippen LogP contribution < -0.4 is 0 Å². The highest BCUT2D eigenvalue weighted by molar-refractivity contribution is 7.10. The first-order valence-corrected chi connectivity index (χ1v) is 7.66. The van der Waals surface area contributed by atoms with E-state index in [0.29, 0.717) is 0 Å². The molecule has 2 unspecified atom stereocenters. The highest BCUT2D eigenvalue weighted by Gasteiger charge is 2.22. The highest BCUT2D eigenvalue weighted by atomic mass is 32.1. The van der Waals surface area contributed by atoms with Gasteiger partial charge in [0.05, 0.1) is 13.2 Å². The van der Waals surface area contributed by atoms with Gasteiger partial charge in [0, 0.05) is 9.75 Å². The summed E-state index contributed by atoms with van der Waals surface area (Å²) in [5.74, 6) is 0. The maximum absolute atomic E-state index is 11.7. The van der Waals surface area contributed by atoms with Gasteiger partial charge in [0.2, 0.25) is 0 Å². The van der Waals surface area contributed by atoms with Gasteiger partial charge in [-0.3, -0.25) is 0 Å². The van der Waals surface area contributed by atoms with Crippen molar-refractivity contribution in [2.24, 2.45) is 0 Å². The third kappa shape index (κ3) is 3.80. The Labute approximate surface area is 124 Å². The predicted octanol–water partition coefficient (Wildman–Crippen LogP) is 2.73. The Hall–Kier alpha value is -1.41. The monoisotopic (exact) mass is 314 g/mol. The second kappa shape index (κ2) is 7.39. The fraction of sp³-hybridized carbons (Fsp3) is 0.308. The van der Waals surface area contributed by atoms with Crippen LogP contribution in [0.5, 0.6) is 0 Å². The zero-order chi connectivity index (χ0) is 14.4. The van der Waals surface area contributed by atoms with Crippen molar-refractivity contribution in [3.63, 3.8) is 0 Å². The molecule has 0 aliphatic heterocycles. The van der Waals surface area contributed by atoms with Crippen molar-refractivity contribution < 1.29 is 24.5 Å². The number of aliphatic hydroxyl groups is 2. The van der Waals surface area contributed by atoms with Crippen molar-refractivity contribution in [3.05, 3.63) is 44.8 Å². The summed E-state index contributed by atoms with van der Waals surface area (Å²) in [7, 11) is 0. The molecule has 5 nitrogen and oxygen atoms in total. The van der Waals surface area contributed by atoms with Gasteiger partial charge in [-0.2, -0.15) is 0 Å². The summed E-state index contributed by atoms with van der Waals surface area (Å²) >= 11 is 2.76. The summed E-state index contributed by atoms with van der Waals surface area (Å²) in [5, 5.41) is 22.2. The predicted molar refractivity (Wildman–Crippen MR) is 75.9 cm³/mol. The summed E-state index contributed by atoms with van der Waals surface area (Å²) < 4.78 is 10.1. The van der Waals surface area contributed by atoms with Crippen LogP contribution >= 0.6 is 22.7 Å². The van der Waals surface area contributed by atoms with E-state index in [4.69, 9.17) is 9.47 Å². The highest BCUT2D eigenvalue weighted by Crippen LogP contribution is 2.26. The number of carbonyl (C=O) groups excluding carboxylic acids is 1. The minimum absolute atomic E-state index is 0.321. The van der Waals surface area contributed by atoms with E-state index >= 15 is 0 Å². The van der Waals surface area contributed by atoms with Gasteiger partial charge in [0.15, 0.2) is 12.2 Å². The number of carbonyl (C=O) groups is 1. The standard InChI is InChI=1S/C13H14O5S2/c14-7-9(11-3-1-5-19-11)17-13(16)18-10(8-15)12-4-2-6-20-12/h1-6,9-10,14-15H,7-8H2. The van der Waals surface area contributed by atoms with E-state index in [2.05, 4.69) is 0 Å². The fourth-order valence-corrected chi connectivity index (χ4v) is 3.07. The van der Waals surface area contributed by atoms with Gasteiger partial charge < -0.3 is 19.7 Å². The molecular weight excluding hydrogens is 300 g/mol. The largest absolute Gasteiger partial charge is 0.509 e. The fourth-order valence-electron chi connectivity index (χ4n) is 1.58. The van der Waals surface area contributed by atoms with Crippen molar-refractivity contribution in [2.45, 2.75) is 12.2 Å². The molecular formula is C13H14O5S2. The summed E-state index contributed by atoms with van der Waals surface area (Å²) in [6, 6.07) is 7.14. The van der Waals surface area contributed by atoms with E-state index in [1.165, 1.54) is 22.7 Å². The molecule has 0 spiro atoms. The van der Waals surface area contributed by atoms with Crippen LogP contribution in [0.1, 0.15) is 22.0 Å². The normalized spacial score (nSPS) is 13.7. The number of hydrogen-bond donors (Lipinski definition) is 2. The first-order valence-electron chi connectivity index (χ1n) is 5.90. The molecule has 2 aromatic rings. The summed E-state index contributed by atoms with van der Waals surface area (Å²) in [6.45, 7) is -0.642. The first-order chi connectivity index (χ1) is 9.74. The molecule has 2 heterocycles.